The van der Waals surface area contributed by atoms with Crippen LogP contribution in [0.25, 0.3) is 16.8 Å². The highest BCUT2D eigenvalue weighted by molar-refractivity contribution is 6.31. The number of carbonyl (C=O) groups is 2. The topological polar surface area (TPSA) is 74.9 Å². The molecular weight excluding hydrogens is 356 g/mol. The normalized spacial score (nSPS) is 10.9. The van der Waals surface area contributed by atoms with E-state index < -0.39 is 23.8 Å². The second kappa shape index (κ2) is 6.14. The van der Waals surface area contributed by atoms with Crippen LogP contribution >= 0.6 is 11.6 Å². The maximum Gasteiger partial charge on any atom is 0.414 e. The van der Waals surface area contributed by atoms with Crippen LogP contribution in [0.15, 0.2) is 36.4 Å². The number of carbonyl (C=O) groups excluding carboxylic acids is 1. The fourth-order valence-electron chi connectivity index (χ4n) is 2.35. The van der Waals surface area contributed by atoms with Gasteiger partial charge < -0.3 is 5.11 Å². The molecule has 0 saturated heterocycles. The summed E-state index contributed by atoms with van der Waals surface area (Å²) in [7, 11) is 1.06. The van der Waals surface area contributed by atoms with E-state index in [0.717, 1.165) is 29.8 Å². The van der Waals surface area contributed by atoms with Crippen molar-refractivity contribution < 1.29 is 23.5 Å². The molecule has 3 aromatic rings. The number of rotatable bonds is 2. The van der Waals surface area contributed by atoms with Gasteiger partial charge in [-0.1, -0.05) is 11.6 Å². The Hall–Kier alpha value is -3.00. The molecule has 6 nitrogen and oxygen atoms in total. The van der Waals surface area contributed by atoms with Crippen molar-refractivity contribution in [2.75, 3.05) is 7.05 Å². The third-order valence-electron chi connectivity index (χ3n) is 3.58. The summed E-state index contributed by atoms with van der Waals surface area (Å²) in [5, 5.41) is 13.1. The van der Waals surface area contributed by atoms with Gasteiger partial charge in [0.2, 0.25) is 5.95 Å². The molecule has 25 heavy (non-hydrogen) atoms. The lowest BCUT2D eigenvalue weighted by atomic mass is 10.1. The van der Waals surface area contributed by atoms with Crippen molar-refractivity contribution >= 4 is 29.1 Å². The lowest BCUT2D eigenvalue weighted by Crippen LogP contribution is -2.31. The highest BCUT2D eigenvalue weighted by Crippen LogP contribution is 2.30. The Morgan fingerprint density at radius 1 is 1.20 bits per heavy atom. The van der Waals surface area contributed by atoms with Crippen molar-refractivity contribution in [1.29, 1.82) is 0 Å². The van der Waals surface area contributed by atoms with Crippen molar-refractivity contribution in [3.63, 3.8) is 0 Å². The standard InChI is InChI=1S/C16H10ClF2N3O3/c1-21(16(24)25)15(23)13-11-6-9(17)7-12(19)22(11)20-14(13)8-2-4-10(18)5-3-8/h2-7H,1H3,(H,24,25). The summed E-state index contributed by atoms with van der Waals surface area (Å²) in [5.74, 6) is -2.25. The molecule has 0 radical (unpaired) electrons. The Morgan fingerprint density at radius 3 is 2.44 bits per heavy atom. The van der Waals surface area contributed by atoms with Gasteiger partial charge in [0.25, 0.3) is 5.91 Å². The van der Waals surface area contributed by atoms with E-state index in [-0.39, 0.29) is 21.8 Å². The summed E-state index contributed by atoms with van der Waals surface area (Å²) in [6.45, 7) is 0. The molecule has 1 aromatic carbocycles. The third kappa shape index (κ3) is 2.91. The predicted octanol–water partition coefficient (Wildman–Crippen LogP) is 3.68. The van der Waals surface area contributed by atoms with Crippen molar-refractivity contribution in [2.45, 2.75) is 0 Å². The van der Waals surface area contributed by atoms with Gasteiger partial charge in [-0.25, -0.2) is 18.6 Å². The molecule has 2 aromatic heterocycles. The van der Waals surface area contributed by atoms with Gasteiger partial charge in [0, 0.05) is 23.7 Å². The van der Waals surface area contributed by atoms with Gasteiger partial charge in [0.15, 0.2) is 0 Å². The molecule has 0 unspecified atom stereocenters. The Kier molecular flexibility index (Phi) is 4.13. The average Bonchev–Trinajstić information content (AvgIpc) is 2.93. The number of pyridine rings is 1. The molecular formula is C16H10ClF2N3O3. The number of hydrogen-bond acceptors (Lipinski definition) is 3. The number of hydrogen-bond donors (Lipinski definition) is 1. The molecule has 0 saturated carbocycles. The van der Waals surface area contributed by atoms with Gasteiger partial charge in [0.05, 0.1) is 11.1 Å². The van der Waals surface area contributed by atoms with Gasteiger partial charge in [-0.15, -0.1) is 0 Å². The molecule has 9 heteroatoms. The van der Waals surface area contributed by atoms with E-state index in [0.29, 0.717) is 10.5 Å². The molecule has 0 fully saturated rings. The summed E-state index contributed by atoms with van der Waals surface area (Å²) in [5.41, 5.74) is 0.183. The monoisotopic (exact) mass is 365 g/mol. The molecule has 2 heterocycles. The zero-order valence-electron chi connectivity index (χ0n) is 12.7. The molecule has 0 atom stereocenters. The first kappa shape index (κ1) is 16.8. The minimum atomic E-state index is -1.49. The van der Waals surface area contributed by atoms with Gasteiger partial charge >= 0.3 is 6.09 Å². The number of fused-ring (bicyclic) bond motifs is 1. The van der Waals surface area contributed by atoms with Crippen LogP contribution in [-0.2, 0) is 0 Å². The molecule has 3 rings (SSSR count). The quantitative estimate of drug-likeness (QED) is 0.703. The first-order valence-corrected chi connectivity index (χ1v) is 7.32. The van der Waals surface area contributed by atoms with Crippen molar-refractivity contribution in [3.05, 3.63) is 58.7 Å². The number of aromatic nitrogens is 2. The Morgan fingerprint density at radius 2 is 1.84 bits per heavy atom. The largest absolute Gasteiger partial charge is 0.465 e. The zero-order chi connectivity index (χ0) is 18.3. The van der Waals surface area contributed by atoms with E-state index in [1.165, 1.54) is 18.2 Å². The van der Waals surface area contributed by atoms with Crippen molar-refractivity contribution in [1.82, 2.24) is 14.5 Å². The van der Waals surface area contributed by atoms with E-state index in [1.807, 2.05) is 0 Å². The fraction of sp³-hybridized carbons (Fsp3) is 0.0625. The lowest BCUT2D eigenvalue weighted by Gasteiger charge is -2.11. The minimum Gasteiger partial charge on any atom is -0.465 e. The van der Waals surface area contributed by atoms with Gasteiger partial charge in [-0.2, -0.15) is 9.49 Å². The van der Waals surface area contributed by atoms with Crippen LogP contribution in [0.5, 0.6) is 0 Å². The molecule has 0 aliphatic heterocycles. The van der Waals surface area contributed by atoms with Gasteiger partial charge in [0.1, 0.15) is 11.5 Å². The van der Waals surface area contributed by atoms with E-state index >= 15 is 0 Å². The van der Waals surface area contributed by atoms with Crippen LogP contribution < -0.4 is 0 Å². The summed E-state index contributed by atoms with van der Waals surface area (Å²) in [4.78, 5) is 24.2. The van der Waals surface area contributed by atoms with E-state index in [9.17, 15) is 18.4 Å². The maximum absolute atomic E-state index is 14.2. The van der Waals surface area contributed by atoms with E-state index in [4.69, 9.17) is 16.7 Å². The smallest absolute Gasteiger partial charge is 0.414 e. The summed E-state index contributed by atoms with van der Waals surface area (Å²) < 4.78 is 28.2. The van der Waals surface area contributed by atoms with E-state index in [2.05, 4.69) is 5.10 Å². The minimum absolute atomic E-state index is 0.00225. The Balaban J connectivity index is 2.34. The first-order valence-electron chi connectivity index (χ1n) is 6.94. The van der Waals surface area contributed by atoms with Gasteiger partial charge in [-0.05, 0) is 30.3 Å². The first-order chi connectivity index (χ1) is 11.8. The second-order valence-corrected chi connectivity index (χ2v) is 5.61. The molecule has 128 valence electrons. The highest BCUT2D eigenvalue weighted by Gasteiger charge is 2.27. The van der Waals surface area contributed by atoms with Crippen molar-refractivity contribution in [2.24, 2.45) is 0 Å². The molecule has 1 N–H and O–H groups in total. The summed E-state index contributed by atoms with van der Waals surface area (Å²) in [6, 6.07) is 7.32. The van der Waals surface area contributed by atoms with Crippen molar-refractivity contribution in [3.8, 4) is 11.3 Å². The average molecular weight is 366 g/mol. The van der Waals surface area contributed by atoms with Crippen LogP contribution in [0.2, 0.25) is 5.02 Å². The highest BCUT2D eigenvalue weighted by atomic mass is 35.5. The number of halogens is 3. The molecule has 0 bridgehead atoms. The van der Waals surface area contributed by atoms with Gasteiger partial charge in [-0.3, -0.25) is 4.79 Å². The molecule has 0 spiro atoms. The number of imide groups is 1. The summed E-state index contributed by atoms with van der Waals surface area (Å²) in [6.07, 6.45) is -1.49. The van der Waals surface area contributed by atoms with Crippen LogP contribution in [0.1, 0.15) is 10.4 Å². The second-order valence-electron chi connectivity index (χ2n) is 5.17. The SMILES string of the molecule is CN(C(=O)O)C(=O)c1c(-c2ccc(F)cc2)nn2c(F)cc(Cl)cc12. The number of benzene rings is 1. The zero-order valence-corrected chi connectivity index (χ0v) is 13.5. The Labute approximate surface area is 144 Å². The number of nitrogens with zero attached hydrogens (tertiary/aromatic N) is 3. The maximum atomic E-state index is 14.2. The molecule has 0 aliphatic carbocycles. The number of amides is 2. The third-order valence-corrected chi connectivity index (χ3v) is 3.80. The van der Waals surface area contributed by atoms with Crippen LogP contribution in [-0.4, -0.2) is 38.7 Å². The molecule has 0 aliphatic rings. The Bertz CT molecular complexity index is 1000. The van der Waals surface area contributed by atoms with Crippen LogP contribution in [0, 0.1) is 11.8 Å². The lowest BCUT2D eigenvalue weighted by molar-refractivity contribution is 0.0784. The van der Waals surface area contributed by atoms with E-state index in [1.54, 1.807) is 0 Å². The van der Waals surface area contributed by atoms with Crippen LogP contribution in [0.4, 0.5) is 13.6 Å². The van der Waals surface area contributed by atoms with Crippen LogP contribution in [0.3, 0.4) is 0 Å². The fourth-order valence-corrected chi connectivity index (χ4v) is 2.54. The predicted molar refractivity (Wildman–Crippen MR) is 85.7 cm³/mol. The number of carboxylic acid groups (broad SMARTS) is 1. The molecule has 2 amide bonds. The summed E-state index contributed by atoms with van der Waals surface area (Å²) >= 11 is 5.85.